The Hall–Kier alpha value is -2.36. The van der Waals surface area contributed by atoms with Gasteiger partial charge in [-0.05, 0) is 37.9 Å². The Morgan fingerprint density at radius 1 is 1.07 bits per heavy atom. The van der Waals surface area contributed by atoms with Crippen LogP contribution in [0.5, 0.6) is 0 Å². The van der Waals surface area contributed by atoms with Gasteiger partial charge in [0.15, 0.2) is 0 Å². The molecule has 9 heteroatoms. The third-order valence-corrected chi connectivity index (χ3v) is 6.04. The molecule has 2 amide bonds. The third kappa shape index (κ3) is 5.31. The minimum Gasteiger partial charge on any atom is -0.468 e. The minimum absolute atomic E-state index is 0.0997. The van der Waals surface area contributed by atoms with Gasteiger partial charge in [0.1, 0.15) is 5.76 Å². The molecule has 148 valence electrons. The Labute approximate surface area is 160 Å². The van der Waals surface area contributed by atoms with Crippen LogP contribution in [0.15, 0.2) is 52.0 Å². The first kappa shape index (κ1) is 20.9. The van der Waals surface area contributed by atoms with Gasteiger partial charge in [0.2, 0.25) is 10.0 Å². The van der Waals surface area contributed by atoms with Crippen molar-refractivity contribution in [1.82, 2.24) is 19.8 Å². The summed E-state index contributed by atoms with van der Waals surface area (Å²) in [7, 11) is 3.17. The van der Waals surface area contributed by atoms with Gasteiger partial charge in [0.25, 0.3) is 0 Å². The van der Waals surface area contributed by atoms with Gasteiger partial charge in [0.05, 0.1) is 17.2 Å². The molecule has 0 saturated heterocycles. The van der Waals surface area contributed by atoms with Crippen molar-refractivity contribution >= 4 is 16.1 Å². The highest BCUT2D eigenvalue weighted by atomic mass is 32.2. The van der Waals surface area contributed by atoms with E-state index in [4.69, 9.17) is 4.42 Å². The van der Waals surface area contributed by atoms with E-state index in [9.17, 15) is 13.2 Å². The molecule has 1 unspecified atom stereocenters. The van der Waals surface area contributed by atoms with E-state index in [1.807, 2.05) is 25.1 Å². The number of rotatable bonds is 8. The summed E-state index contributed by atoms with van der Waals surface area (Å²) < 4.78 is 31.4. The lowest BCUT2D eigenvalue weighted by atomic mass is 10.2. The van der Waals surface area contributed by atoms with Crippen molar-refractivity contribution < 1.29 is 17.6 Å². The Morgan fingerprint density at radius 2 is 1.78 bits per heavy atom. The Balaban J connectivity index is 1.98. The molecule has 0 spiro atoms. The summed E-state index contributed by atoms with van der Waals surface area (Å²) in [5.74, 6) is 0.753. The van der Waals surface area contributed by atoms with Crippen LogP contribution in [0.4, 0.5) is 4.79 Å². The Bertz CT molecular complexity index is 848. The van der Waals surface area contributed by atoms with E-state index in [-0.39, 0.29) is 23.5 Å². The number of urea groups is 1. The van der Waals surface area contributed by atoms with Gasteiger partial charge in [0, 0.05) is 27.2 Å². The van der Waals surface area contributed by atoms with Gasteiger partial charge in [-0.2, -0.15) is 0 Å². The number of benzene rings is 1. The number of likely N-dealkylation sites (N-methyl/N-ethyl adjacent to an activating group) is 1. The van der Waals surface area contributed by atoms with E-state index in [1.54, 1.807) is 30.5 Å². The summed E-state index contributed by atoms with van der Waals surface area (Å²) in [6.07, 6.45) is 1.59. The van der Waals surface area contributed by atoms with E-state index >= 15 is 0 Å². The molecule has 1 heterocycles. The van der Waals surface area contributed by atoms with E-state index in [0.29, 0.717) is 12.1 Å². The van der Waals surface area contributed by atoms with Gasteiger partial charge < -0.3 is 15.1 Å². The maximum Gasteiger partial charge on any atom is 0.315 e. The average molecular weight is 394 g/mol. The van der Waals surface area contributed by atoms with Crippen LogP contribution in [-0.2, 0) is 16.6 Å². The third-order valence-electron chi connectivity index (χ3n) is 4.12. The molecule has 2 rings (SSSR count). The van der Waals surface area contributed by atoms with Gasteiger partial charge in [-0.1, -0.05) is 18.2 Å². The van der Waals surface area contributed by atoms with E-state index < -0.39 is 10.0 Å². The van der Waals surface area contributed by atoms with Crippen LogP contribution in [-0.4, -0.2) is 58.4 Å². The molecule has 0 saturated carbocycles. The first-order chi connectivity index (χ1) is 12.7. The van der Waals surface area contributed by atoms with E-state index in [0.717, 1.165) is 10.1 Å². The molecule has 2 N–H and O–H groups in total. The highest BCUT2D eigenvalue weighted by molar-refractivity contribution is 7.89. The van der Waals surface area contributed by atoms with Crippen LogP contribution in [0, 0.1) is 0 Å². The van der Waals surface area contributed by atoms with Crippen LogP contribution in [0.2, 0.25) is 0 Å². The topological polar surface area (TPSA) is 94.9 Å². The summed E-state index contributed by atoms with van der Waals surface area (Å²) in [6.45, 7) is 0.451. The van der Waals surface area contributed by atoms with Crippen molar-refractivity contribution in [2.24, 2.45) is 0 Å². The first-order valence-corrected chi connectivity index (χ1v) is 9.89. The van der Waals surface area contributed by atoms with Crippen molar-refractivity contribution in [1.29, 1.82) is 0 Å². The van der Waals surface area contributed by atoms with Gasteiger partial charge in [-0.25, -0.2) is 17.5 Å². The summed E-state index contributed by atoms with van der Waals surface area (Å²) in [6, 6.07) is 9.78. The number of nitrogens with one attached hydrogen (secondary N) is 2. The van der Waals surface area contributed by atoms with Crippen molar-refractivity contribution in [3.8, 4) is 0 Å². The number of amides is 2. The molecular weight excluding hydrogens is 368 g/mol. The highest BCUT2D eigenvalue weighted by Crippen LogP contribution is 2.19. The quantitative estimate of drug-likeness (QED) is 0.710. The Morgan fingerprint density at radius 3 is 2.37 bits per heavy atom. The lowest BCUT2D eigenvalue weighted by Gasteiger charge is -2.22. The zero-order chi connectivity index (χ0) is 20.0. The number of hydrogen-bond donors (Lipinski definition) is 2. The molecule has 0 bridgehead atoms. The molecule has 1 aromatic carbocycles. The summed E-state index contributed by atoms with van der Waals surface area (Å²) in [4.78, 5) is 14.3. The second-order valence-electron chi connectivity index (χ2n) is 6.45. The van der Waals surface area contributed by atoms with Crippen molar-refractivity contribution in [3.63, 3.8) is 0 Å². The number of nitrogens with zero attached hydrogens (tertiary/aromatic N) is 2. The normalized spacial score (nSPS) is 13.0. The van der Waals surface area contributed by atoms with Crippen LogP contribution >= 0.6 is 0 Å². The average Bonchev–Trinajstić information content (AvgIpc) is 3.14. The molecule has 1 aromatic heterocycles. The number of sulfonamides is 1. The number of furan rings is 1. The van der Waals surface area contributed by atoms with E-state index in [2.05, 4.69) is 10.6 Å². The molecule has 0 aliphatic carbocycles. The number of carbonyl (C=O) groups is 1. The lowest BCUT2D eigenvalue weighted by Crippen LogP contribution is -2.40. The van der Waals surface area contributed by atoms with Crippen molar-refractivity contribution in [3.05, 3.63) is 54.0 Å². The molecule has 0 radical (unpaired) electrons. The van der Waals surface area contributed by atoms with Gasteiger partial charge in [-0.15, -0.1) is 0 Å². The maximum atomic E-state index is 12.4. The second-order valence-corrected chi connectivity index (χ2v) is 8.57. The Kier molecular flexibility index (Phi) is 7.00. The first-order valence-electron chi connectivity index (χ1n) is 8.45. The fourth-order valence-electron chi connectivity index (χ4n) is 2.54. The SMILES string of the molecule is CN(C)C(CNC(=O)NCc1ccccc1S(=O)(=O)N(C)C)c1ccco1. The predicted molar refractivity (Wildman–Crippen MR) is 103 cm³/mol. The largest absolute Gasteiger partial charge is 0.468 e. The van der Waals surface area contributed by atoms with Crippen molar-refractivity contribution in [2.45, 2.75) is 17.5 Å². The summed E-state index contributed by atoms with van der Waals surface area (Å²) in [5.41, 5.74) is 0.525. The fraction of sp³-hybridized carbons (Fsp3) is 0.389. The van der Waals surface area contributed by atoms with Crippen LogP contribution in [0.3, 0.4) is 0 Å². The zero-order valence-electron chi connectivity index (χ0n) is 16.0. The summed E-state index contributed by atoms with van der Waals surface area (Å²) in [5, 5.41) is 5.50. The zero-order valence-corrected chi connectivity index (χ0v) is 16.8. The minimum atomic E-state index is -3.58. The molecule has 0 fully saturated rings. The molecule has 0 aliphatic rings. The van der Waals surface area contributed by atoms with Crippen molar-refractivity contribution in [2.75, 3.05) is 34.7 Å². The maximum absolute atomic E-state index is 12.4. The molecule has 0 aliphatic heterocycles. The van der Waals surface area contributed by atoms with Crippen LogP contribution in [0.1, 0.15) is 17.4 Å². The van der Waals surface area contributed by atoms with Gasteiger partial charge >= 0.3 is 6.03 Å². The molecule has 1 atom stereocenters. The standard InChI is InChI=1S/C18H26N4O4S/c1-21(2)15(16-9-7-11-26-16)13-20-18(23)19-12-14-8-5-6-10-17(14)27(24,25)22(3)4/h5-11,15H,12-13H2,1-4H3,(H2,19,20,23). The number of hydrogen-bond acceptors (Lipinski definition) is 5. The van der Waals surface area contributed by atoms with Crippen LogP contribution in [0.25, 0.3) is 0 Å². The summed E-state index contributed by atoms with van der Waals surface area (Å²) >= 11 is 0. The molecule has 2 aromatic rings. The monoisotopic (exact) mass is 394 g/mol. The van der Waals surface area contributed by atoms with E-state index in [1.165, 1.54) is 20.2 Å². The van der Waals surface area contributed by atoms with Crippen LogP contribution < -0.4 is 10.6 Å². The fourth-order valence-corrected chi connectivity index (χ4v) is 3.66. The predicted octanol–water partition coefficient (Wildman–Crippen LogP) is 1.63. The molecule has 27 heavy (non-hydrogen) atoms. The number of carbonyl (C=O) groups excluding carboxylic acids is 1. The molecular formula is C18H26N4O4S. The smallest absolute Gasteiger partial charge is 0.315 e. The highest BCUT2D eigenvalue weighted by Gasteiger charge is 2.21. The lowest BCUT2D eigenvalue weighted by molar-refractivity contribution is 0.225. The molecule has 8 nitrogen and oxygen atoms in total. The second kappa shape index (κ2) is 9.03. The van der Waals surface area contributed by atoms with Gasteiger partial charge in [-0.3, -0.25) is 4.90 Å².